The molecule has 0 saturated heterocycles. The highest BCUT2D eigenvalue weighted by molar-refractivity contribution is 7.92. The lowest BCUT2D eigenvalue weighted by Gasteiger charge is -2.18. The fraction of sp³-hybridized carbons (Fsp3) is 0.312. The molecule has 0 aliphatic carbocycles. The zero-order valence-electron chi connectivity index (χ0n) is 12.7. The summed E-state index contributed by atoms with van der Waals surface area (Å²) in [6.45, 7) is 2.22. The minimum Gasteiger partial charge on any atom is -0.481 e. The van der Waals surface area contributed by atoms with E-state index in [4.69, 9.17) is 9.52 Å². The Labute approximate surface area is 134 Å². The number of aryl methyl sites for hydroxylation is 1. The summed E-state index contributed by atoms with van der Waals surface area (Å²) in [6, 6.07) is 8.28. The number of sulfonamides is 1. The maximum absolute atomic E-state index is 12.8. The number of carbonyl (C=O) groups is 1. The minimum atomic E-state index is -3.77. The molecule has 1 aliphatic rings. The van der Waals surface area contributed by atoms with Crippen molar-refractivity contribution in [3.05, 3.63) is 47.2 Å². The maximum atomic E-state index is 12.8. The summed E-state index contributed by atoms with van der Waals surface area (Å²) in [5, 5.41) is 8.82. The number of aliphatic carboxylic acids is 1. The minimum absolute atomic E-state index is 0.0779. The van der Waals surface area contributed by atoms with Gasteiger partial charge < -0.3 is 9.52 Å². The van der Waals surface area contributed by atoms with Gasteiger partial charge in [0.25, 0.3) is 10.0 Å². The number of hydrogen-bond acceptors (Lipinski definition) is 4. The topological polar surface area (TPSA) is 87.8 Å². The van der Waals surface area contributed by atoms with Gasteiger partial charge in [0.15, 0.2) is 0 Å². The quantitative estimate of drug-likeness (QED) is 0.905. The van der Waals surface area contributed by atoms with Gasteiger partial charge in [-0.15, -0.1) is 0 Å². The number of benzene rings is 1. The largest absolute Gasteiger partial charge is 0.481 e. The second kappa shape index (κ2) is 5.73. The molecule has 0 unspecified atom stereocenters. The average Bonchev–Trinajstić information content (AvgIpc) is 3.13. The molecule has 0 saturated carbocycles. The second-order valence-electron chi connectivity index (χ2n) is 5.44. The van der Waals surface area contributed by atoms with Crippen LogP contribution in [-0.4, -0.2) is 26.0 Å². The van der Waals surface area contributed by atoms with Gasteiger partial charge in [0.1, 0.15) is 5.76 Å². The Kier molecular flexibility index (Phi) is 3.89. The summed E-state index contributed by atoms with van der Waals surface area (Å²) >= 11 is 0. The van der Waals surface area contributed by atoms with Crippen molar-refractivity contribution in [2.24, 2.45) is 0 Å². The Morgan fingerprint density at radius 3 is 2.74 bits per heavy atom. The van der Waals surface area contributed by atoms with Crippen molar-refractivity contribution >= 4 is 21.7 Å². The van der Waals surface area contributed by atoms with Gasteiger partial charge in [-0.2, -0.15) is 8.42 Å². The van der Waals surface area contributed by atoms with Crippen LogP contribution in [0.2, 0.25) is 0 Å². The normalized spacial score (nSPS) is 14.0. The van der Waals surface area contributed by atoms with Crippen LogP contribution in [0, 0.1) is 0 Å². The number of anilines is 1. The van der Waals surface area contributed by atoms with E-state index in [2.05, 4.69) is 0 Å². The van der Waals surface area contributed by atoms with Crippen LogP contribution in [0.4, 0.5) is 5.69 Å². The predicted molar refractivity (Wildman–Crippen MR) is 84.1 cm³/mol. The number of furan rings is 1. The van der Waals surface area contributed by atoms with Crippen molar-refractivity contribution in [3.63, 3.8) is 0 Å². The summed E-state index contributed by atoms with van der Waals surface area (Å²) < 4.78 is 32.2. The Morgan fingerprint density at radius 2 is 2.09 bits per heavy atom. The molecule has 0 bridgehead atoms. The molecule has 2 aromatic rings. The van der Waals surface area contributed by atoms with E-state index in [-0.39, 0.29) is 11.5 Å². The third-order valence-corrected chi connectivity index (χ3v) is 5.58. The number of rotatable bonds is 5. The Morgan fingerprint density at radius 1 is 1.30 bits per heavy atom. The molecule has 1 N–H and O–H groups in total. The second-order valence-corrected chi connectivity index (χ2v) is 7.23. The van der Waals surface area contributed by atoms with Gasteiger partial charge in [-0.3, -0.25) is 9.10 Å². The zero-order chi connectivity index (χ0) is 16.6. The van der Waals surface area contributed by atoms with Gasteiger partial charge in [0.05, 0.1) is 12.1 Å². The molecule has 6 nitrogen and oxygen atoms in total. The highest BCUT2D eigenvalue weighted by atomic mass is 32.2. The summed E-state index contributed by atoms with van der Waals surface area (Å²) in [6.07, 6.45) is 1.08. The van der Waals surface area contributed by atoms with Gasteiger partial charge in [-0.25, -0.2) is 0 Å². The van der Waals surface area contributed by atoms with Gasteiger partial charge in [-0.05, 0) is 35.7 Å². The first-order valence-corrected chi connectivity index (χ1v) is 8.81. The first kappa shape index (κ1) is 15.6. The van der Waals surface area contributed by atoms with Crippen molar-refractivity contribution < 1.29 is 22.7 Å². The van der Waals surface area contributed by atoms with Crippen LogP contribution in [0.25, 0.3) is 0 Å². The molecule has 1 aromatic carbocycles. The molecular formula is C16H17NO5S. The SMILES string of the molecule is CCc1ccc(S(=O)(=O)N2CCc3ccc(CC(=O)O)cc32)o1. The van der Waals surface area contributed by atoms with Crippen molar-refractivity contribution in [1.82, 2.24) is 0 Å². The highest BCUT2D eigenvalue weighted by Gasteiger charge is 2.33. The molecule has 0 atom stereocenters. The van der Waals surface area contributed by atoms with Gasteiger partial charge in [0, 0.05) is 13.0 Å². The number of nitrogens with zero attached hydrogens (tertiary/aromatic N) is 1. The van der Waals surface area contributed by atoms with E-state index in [0.29, 0.717) is 36.4 Å². The van der Waals surface area contributed by atoms with Crippen molar-refractivity contribution in [1.29, 1.82) is 0 Å². The molecule has 3 rings (SSSR count). The lowest BCUT2D eigenvalue weighted by molar-refractivity contribution is -0.136. The summed E-state index contributed by atoms with van der Waals surface area (Å²) in [7, 11) is -3.77. The molecule has 0 spiro atoms. The lowest BCUT2D eigenvalue weighted by atomic mass is 10.1. The number of carboxylic acids is 1. The standard InChI is InChI=1S/C16H17NO5S/c1-2-13-5-6-16(22-13)23(20,21)17-8-7-12-4-3-11(9-14(12)17)10-15(18)19/h3-6,9H,2,7-8,10H2,1H3,(H,18,19). The molecule has 0 amide bonds. The average molecular weight is 335 g/mol. The summed E-state index contributed by atoms with van der Waals surface area (Å²) in [4.78, 5) is 10.9. The van der Waals surface area contributed by atoms with Crippen LogP contribution in [0.15, 0.2) is 39.8 Å². The zero-order valence-corrected chi connectivity index (χ0v) is 13.5. The number of fused-ring (bicyclic) bond motifs is 1. The lowest BCUT2D eigenvalue weighted by Crippen LogP contribution is -2.28. The maximum Gasteiger partial charge on any atom is 0.307 e. The third-order valence-electron chi connectivity index (χ3n) is 3.89. The van der Waals surface area contributed by atoms with E-state index in [1.165, 1.54) is 10.4 Å². The number of carboxylic acid groups (broad SMARTS) is 1. The molecule has 23 heavy (non-hydrogen) atoms. The molecule has 0 fully saturated rings. The fourth-order valence-corrected chi connectivity index (χ4v) is 4.16. The molecule has 1 aliphatic heterocycles. The third kappa shape index (κ3) is 2.84. The number of hydrogen-bond donors (Lipinski definition) is 1. The van der Waals surface area contributed by atoms with Crippen LogP contribution in [-0.2, 0) is 34.1 Å². The van der Waals surface area contributed by atoms with E-state index in [0.717, 1.165) is 5.56 Å². The molecule has 2 heterocycles. The summed E-state index contributed by atoms with van der Waals surface area (Å²) in [5.74, 6) is -0.335. The predicted octanol–water partition coefficient (Wildman–Crippen LogP) is 2.22. The molecule has 7 heteroatoms. The van der Waals surface area contributed by atoms with E-state index < -0.39 is 16.0 Å². The molecular weight excluding hydrogens is 318 g/mol. The smallest absolute Gasteiger partial charge is 0.307 e. The van der Waals surface area contributed by atoms with Crippen molar-refractivity contribution in [2.75, 3.05) is 10.8 Å². The van der Waals surface area contributed by atoms with E-state index >= 15 is 0 Å². The first-order chi connectivity index (χ1) is 10.9. The Hall–Kier alpha value is -2.28. The van der Waals surface area contributed by atoms with E-state index in [1.807, 2.05) is 6.92 Å². The van der Waals surface area contributed by atoms with E-state index in [9.17, 15) is 13.2 Å². The van der Waals surface area contributed by atoms with Gasteiger partial charge >= 0.3 is 5.97 Å². The Balaban J connectivity index is 1.98. The van der Waals surface area contributed by atoms with E-state index in [1.54, 1.807) is 24.3 Å². The molecule has 122 valence electrons. The monoisotopic (exact) mass is 335 g/mol. The molecule has 0 radical (unpaired) electrons. The fourth-order valence-electron chi connectivity index (χ4n) is 2.73. The van der Waals surface area contributed by atoms with Crippen molar-refractivity contribution in [3.8, 4) is 0 Å². The van der Waals surface area contributed by atoms with Crippen LogP contribution in [0.3, 0.4) is 0 Å². The Bertz CT molecular complexity index is 853. The van der Waals surface area contributed by atoms with Gasteiger partial charge in [-0.1, -0.05) is 19.1 Å². The molecule has 1 aromatic heterocycles. The van der Waals surface area contributed by atoms with Gasteiger partial charge in [0.2, 0.25) is 5.09 Å². The van der Waals surface area contributed by atoms with Crippen LogP contribution in [0.1, 0.15) is 23.8 Å². The van der Waals surface area contributed by atoms with Crippen LogP contribution >= 0.6 is 0 Å². The van der Waals surface area contributed by atoms with Crippen LogP contribution in [0.5, 0.6) is 0 Å². The first-order valence-electron chi connectivity index (χ1n) is 7.37. The van der Waals surface area contributed by atoms with Crippen molar-refractivity contribution in [2.45, 2.75) is 31.3 Å². The van der Waals surface area contributed by atoms with Crippen LogP contribution < -0.4 is 4.31 Å². The highest BCUT2D eigenvalue weighted by Crippen LogP contribution is 2.34. The summed E-state index contributed by atoms with van der Waals surface area (Å²) in [5.41, 5.74) is 2.01.